The SMILES string of the molecule is CNC(=O)c1ccc(N)c(Nc2ccc(OC)c(C)c2)c1. The summed E-state index contributed by atoms with van der Waals surface area (Å²) in [7, 11) is 3.24. The lowest BCUT2D eigenvalue weighted by molar-refractivity contribution is 0.0963. The molecular weight excluding hydrogens is 266 g/mol. The predicted octanol–water partition coefficient (Wildman–Crippen LogP) is 2.69. The molecule has 5 nitrogen and oxygen atoms in total. The highest BCUT2D eigenvalue weighted by atomic mass is 16.5. The molecule has 0 saturated heterocycles. The molecule has 1 amide bonds. The molecule has 0 unspecified atom stereocenters. The number of aryl methyl sites for hydroxylation is 1. The Labute approximate surface area is 124 Å². The van der Waals surface area contributed by atoms with Crippen molar-refractivity contribution in [3.63, 3.8) is 0 Å². The number of carbonyl (C=O) groups is 1. The largest absolute Gasteiger partial charge is 0.496 e. The van der Waals surface area contributed by atoms with E-state index in [1.54, 1.807) is 32.4 Å². The molecule has 2 aromatic carbocycles. The normalized spacial score (nSPS) is 10.0. The lowest BCUT2D eigenvalue weighted by Crippen LogP contribution is -2.17. The summed E-state index contributed by atoms with van der Waals surface area (Å²) < 4.78 is 5.23. The molecule has 0 aliphatic heterocycles. The van der Waals surface area contributed by atoms with E-state index in [2.05, 4.69) is 10.6 Å². The fourth-order valence-electron chi connectivity index (χ4n) is 2.06. The van der Waals surface area contributed by atoms with Crippen LogP contribution in [-0.4, -0.2) is 20.1 Å². The van der Waals surface area contributed by atoms with Crippen LogP contribution in [0.15, 0.2) is 36.4 Å². The van der Waals surface area contributed by atoms with Crippen molar-refractivity contribution in [3.05, 3.63) is 47.5 Å². The van der Waals surface area contributed by atoms with Crippen LogP contribution in [0.1, 0.15) is 15.9 Å². The molecule has 0 heterocycles. The van der Waals surface area contributed by atoms with Crippen LogP contribution in [-0.2, 0) is 0 Å². The van der Waals surface area contributed by atoms with E-state index >= 15 is 0 Å². The summed E-state index contributed by atoms with van der Waals surface area (Å²) >= 11 is 0. The van der Waals surface area contributed by atoms with Gasteiger partial charge < -0.3 is 21.1 Å². The molecule has 0 aliphatic carbocycles. The van der Waals surface area contributed by atoms with E-state index in [-0.39, 0.29) is 5.91 Å². The van der Waals surface area contributed by atoms with Crippen molar-refractivity contribution < 1.29 is 9.53 Å². The van der Waals surface area contributed by atoms with E-state index in [0.29, 0.717) is 16.9 Å². The van der Waals surface area contributed by atoms with Crippen molar-refractivity contribution in [3.8, 4) is 5.75 Å². The monoisotopic (exact) mass is 285 g/mol. The summed E-state index contributed by atoms with van der Waals surface area (Å²) in [6.07, 6.45) is 0. The third-order valence-electron chi connectivity index (χ3n) is 3.22. The Hall–Kier alpha value is -2.69. The lowest BCUT2D eigenvalue weighted by atomic mass is 10.1. The van der Waals surface area contributed by atoms with Crippen LogP contribution >= 0.6 is 0 Å². The minimum absolute atomic E-state index is 0.149. The number of nitrogens with one attached hydrogen (secondary N) is 2. The second-order valence-electron chi connectivity index (χ2n) is 4.69. The van der Waals surface area contributed by atoms with E-state index < -0.39 is 0 Å². The Morgan fingerprint density at radius 2 is 1.95 bits per heavy atom. The molecule has 0 aromatic heterocycles. The second kappa shape index (κ2) is 6.17. The van der Waals surface area contributed by atoms with Crippen molar-refractivity contribution in [2.24, 2.45) is 0 Å². The highest BCUT2D eigenvalue weighted by Crippen LogP contribution is 2.27. The predicted molar refractivity (Wildman–Crippen MR) is 85.3 cm³/mol. The number of hydrogen-bond donors (Lipinski definition) is 3. The van der Waals surface area contributed by atoms with Crippen LogP contribution < -0.4 is 21.1 Å². The molecule has 0 saturated carbocycles. The smallest absolute Gasteiger partial charge is 0.251 e. The van der Waals surface area contributed by atoms with E-state index in [1.165, 1.54) is 0 Å². The number of benzene rings is 2. The highest BCUT2D eigenvalue weighted by Gasteiger charge is 2.08. The topological polar surface area (TPSA) is 76.4 Å². The van der Waals surface area contributed by atoms with Crippen LogP contribution in [0.4, 0.5) is 17.1 Å². The quantitative estimate of drug-likeness (QED) is 0.755. The summed E-state index contributed by atoms with van der Waals surface area (Å²) in [6, 6.07) is 10.9. The van der Waals surface area contributed by atoms with Gasteiger partial charge >= 0.3 is 0 Å². The van der Waals surface area contributed by atoms with E-state index in [9.17, 15) is 4.79 Å². The zero-order valence-corrected chi connectivity index (χ0v) is 12.4. The molecule has 0 radical (unpaired) electrons. The average molecular weight is 285 g/mol. The van der Waals surface area contributed by atoms with Crippen molar-refractivity contribution in [2.45, 2.75) is 6.92 Å². The second-order valence-corrected chi connectivity index (χ2v) is 4.69. The maximum atomic E-state index is 11.7. The molecule has 110 valence electrons. The Morgan fingerprint density at radius 3 is 2.57 bits per heavy atom. The first-order valence-corrected chi connectivity index (χ1v) is 6.58. The van der Waals surface area contributed by atoms with Gasteiger partial charge in [-0.1, -0.05) is 0 Å². The van der Waals surface area contributed by atoms with Crippen LogP contribution in [0.25, 0.3) is 0 Å². The van der Waals surface area contributed by atoms with Gasteiger partial charge in [0.25, 0.3) is 5.91 Å². The van der Waals surface area contributed by atoms with Gasteiger partial charge in [-0.05, 0) is 48.9 Å². The fraction of sp³-hybridized carbons (Fsp3) is 0.188. The van der Waals surface area contributed by atoms with Gasteiger partial charge in [-0.3, -0.25) is 4.79 Å². The number of nitrogen functional groups attached to an aromatic ring is 1. The highest BCUT2D eigenvalue weighted by molar-refractivity contribution is 5.96. The average Bonchev–Trinajstić information content (AvgIpc) is 2.49. The Kier molecular flexibility index (Phi) is 4.33. The number of nitrogens with two attached hydrogens (primary N) is 1. The van der Waals surface area contributed by atoms with E-state index in [1.807, 2.05) is 25.1 Å². The zero-order chi connectivity index (χ0) is 15.4. The molecule has 2 aromatic rings. The first kappa shape index (κ1) is 14.7. The molecule has 0 atom stereocenters. The molecule has 4 N–H and O–H groups in total. The van der Waals surface area contributed by atoms with Crippen molar-refractivity contribution >= 4 is 23.0 Å². The molecular formula is C16H19N3O2. The van der Waals surface area contributed by atoms with Gasteiger partial charge in [0.15, 0.2) is 0 Å². The van der Waals surface area contributed by atoms with Crippen LogP contribution in [0.3, 0.4) is 0 Å². The minimum Gasteiger partial charge on any atom is -0.496 e. The van der Waals surface area contributed by atoms with Gasteiger partial charge in [0.2, 0.25) is 0 Å². The third-order valence-corrected chi connectivity index (χ3v) is 3.22. The first-order valence-electron chi connectivity index (χ1n) is 6.58. The van der Waals surface area contributed by atoms with Gasteiger partial charge in [0.05, 0.1) is 18.5 Å². The first-order chi connectivity index (χ1) is 10.0. The van der Waals surface area contributed by atoms with E-state index in [4.69, 9.17) is 10.5 Å². The van der Waals surface area contributed by atoms with Gasteiger partial charge in [-0.25, -0.2) is 0 Å². The van der Waals surface area contributed by atoms with Gasteiger partial charge in [-0.15, -0.1) is 0 Å². The van der Waals surface area contributed by atoms with Crippen LogP contribution in [0, 0.1) is 6.92 Å². The summed E-state index contributed by atoms with van der Waals surface area (Å²) in [5.41, 5.74) is 9.68. The summed E-state index contributed by atoms with van der Waals surface area (Å²) in [4.78, 5) is 11.7. The molecule has 5 heteroatoms. The maximum Gasteiger partial charge on any atom is 0.251 e. The zero-order valence-electron chi connectivity index (χ0n) is 12.4. The minimum atomic E-state index is -0.149. The van der Waals surface area contributed by atoms with Crippen LogP contribution in [0.5, 0.6) is 5.75 Å². The molecule has 0 bridgehead atoms. The number of hydrogen-bond acceptors (Lipinski definition) is 4. The number of anilines is 3. The third kappa shape index (κ3) is 3.25. The lowest BCUT2D eigenvalue weighted by Gasteiger charge is -2.13. The van der Waals surface area contributed by atoms with Crippen molar-refractivity contribution in [1.29, 1.82) is 0 Å². The number of carbonyl (C=O) groups excluding carboxylic acids is 1. The number of rotatable bonds is 4. The van der Waals surface area contributed by atoms with Gasteiger partial charge in [0.1, 0.15) is 5.75 Å². The Balaban J connectivity index is 2.30. The number of ether oxygens (including phenoxy) is 1. The van der Waals surface area contributed by atoms with Crippen molar-refractivity contribution in [1.82, 2.24) is 5.32 Å². The van der Waals surface area contributed by atoms with Gasteiger partial charge in [-0.2, -0.15) is 0 Å². The molecule has 21 heavy (non-hydrogen) atoms. The summed E-state index contributed by atoms with van der Waals surface area (Å²) in [5.74, 6) is 0.677. The molecule has 0 spiro atoms. The van der Waals surface area contributed by atoms with Crippen LogP contribution in [0.2, 0.25) is 0 Å². The number of amides is 1. The number of methoxy groups -OCH3 is 1. The summed E-state index contributed by atoms with van der Waals surface area (Å²) in [5, 5.41) is 5.82. The molecule has 2 rings (SSSR count). The molecule has 0 aliphatic rings. The fourth-order valence-corrected chi connectivity index (χ4v) is 2.06. The van der Waals surface area contributed by atoms with E-state index in [0.717, 1.165) is 17.0 Å². The Bertz CT molecular complexity index is 669. The van der Waals surface area contributed by atoms with Crippen molar-refractivity contribution in [2.75, 3.05) is 25.2 Å². The summed E-state index contributed by atoms with van der Waals surface area (Å²) in [6.45, 7) is 1.97. The molecule has 0 fully saturated rings. The Morgan fingerprint density at radius 1 is 1.19 bits per heavy atom. The standard InChI is InChI=1S/C16H19N3O2/c1-10-8-12(5-7-15(10)21-3)19-14-9-11(16(20)18-2)4-6-13(14)17/h4-9,19H,17H2,1-3H3,(H,18,20). The maximum absolute atomic E-state index is 11.7. The van der Waals surface area contributed by atoms with Gasteiger partial charge in [0, 0.05) is 18.3 Å².